The monoisotopic (exact) mass is 280 g/mol. The molecule has 0 spiro atoms. The summed E-state index contributed by atoms with van der Waals surface area (Å²) in [5, 5.41) is 2.55. The van der Waals surface area contributed by atoms with Gasteiger partial charge in [0.05, 0.1) is 6.61 Å². The maximum Gasteiger partial charge on any atom is 0.0716 e. The van der Waals surface area contributed by atoms with Crippen molar-refractivity contribution in [1.29, 1.82) is 0 Å². The minimum absolute atomic E-state index is 0. The highest BCUT2D eigenvalue weighted by atomic mass is 79.9. The summed E-state index contributed by atoms with van der Waals surface area (Å²) in [5.74, 6) is 0. The zero-order valence-corrected chi connectivity index (χ0v) is 10.5. The van der Waals surface area contributed by atoms with E-state index in [-0.39, 0.29) is 7.43 Å². The van der Waals surface area contributed by atoms with Crippen molar-refractivity contribution in [2.24, 2.45) is 0 Å². The van der Waals surface area contributed by atoms with Crippen molar-refractivity contribution in [1.82, 2.24) is 0 Å². The zero-order valence-electron chi connectivity index (χ0n) is 8.88. The van der Waals surface area contributed by atoms with Gasteiger partial charge < -0.3 is 4.74 Å². The third kappa shape index (κ3) is 2.28. The molecule has 0 atom stereocenters. The van der Waals surface area contributed by atoms with Crippen molar-refractivity contribution in [3.05, 3.63) is 45.9 Å². The van der Waals surface area contributed by atoms with Crippen LogP contribution in [-0.4, -0.2) is 7.11 Å². The normalized spacial score (nSPS) is 10.2. The van der Waals surface area contributed by atoms with Crippen LogP contribution in [-0.2, 0) is 11.3 Å². The molecule has 0 saturated carbocycles. The second-order valence-electron chi connectivity index (χ2n) is 3.62. The first kappa shape index (κ1) is 13.2. The molecule has 0 saturated heterocycles. The third-order valence-corrected chi connectivity index (χ3v) is 3.33. The quantitative estimate of drug-likeness (QED) is 0.775. The van der Waals surface area contributed by atoms with Gasteiger partial charge in [0.2, 0.25) is 0 Å². The zero-order chi connectivity index (χ0) is 10.8. The molecule has 0 N–H and O–H groups in total. The molecule has 2 aromatic rings. The van der Waals surface area contributed by atoms with Gasteiger partial charge in [-0.1, -0.05) is 47.6 Å². The van der Waals surface area contributed by atoms with E-state index in [1.807, 2.05) is 0 Å². The van der Waals surface area contributed by atoms with E-state index in [0.29, 0.717) is 6.61 Å². The summed E-state index contributed by atoms with van der Waals surface area (Å²) in [4.78, 5) is 0. The predicted molar refractivity (Wildman–Crippen MR) is 73.8 cm³/mol. The number of hydrogen-bond acceptors (Lipinski definition) is 1. The lowest BCUT2D eigenvalue weighted by atomic mass is 10.0. The van der Waals surface area contributed by atoms with Crippen LogP contribution in [0.3, 0.4) is 0 Å². The van der Waals surface area contributed by atoms with Crippen LogP contribution in [0, 0.1) is 6.92 Å². The molecule has 16 heavy (non-hydrogen) atoms. The van der Waals surface area contributed by atoms with Crippen LogP contribution in [0.1, 0.15) is 18.6 Å². The van der Waals surface area contributed by atoms with Crippen LogP contribution in [0.5, 0.6) is 0 Å². The Morgan fingerprint density at radius 3 is 2.44 bits per heavy atom. The average molecular weight is 281 g/mol. The SMILES string of the molecule is C.COCc1cc(Br)c2ccccc2c1C. The Hall–Kier alpha value is -0.860. The highest BCUT2D eigenvalue weighted by Gasteiger charge is 2.06. The van der Waals surface area contributed by atoms with E-state index >= 15 is 0 Å². The second-order valence-corrected chi connectivity index (χ2v) is 4.48. The van der Waals surface area contributed by atoms with E-state index in [0.717, 1.165) is 4.47 Å². The summed E-state index contributed by atoms with van der Waals surface area (Å²) in [6, 6.07) is 10.5. The maximum atomic E-state index is 5.19. The molecule has 0 unspecified atom stereocenters. The van der Waals surface area contributed by atoms with Gasteiger partial charge in [0.1, 0.15) is 0 Å². The van der Waals surface area contributed by atoms with Crippen molar-refractivity contribution in [2.45, 2.75) is 21.0 Å². The lowest BCUT2D eigenvalue weighted by Crippen LogP contribution is -1.93. The minimum Gasteiger partial charge on any atom is -0.380 e. The maximum absolute atomic E-state index is 5.19. The van der Waals surface area contributed by atoms with Crippen LogP contribution in [0.2, 0.25) is 0 Å². The summed E-state index contributed by atoms with van der Waals surface area (Å²) in [5.41, 5.74) is 2.54. The summed E-state index contributed by atoms with van der Waals surface area (Å²) >= 11 is 3.60. The summed E-state index contributed by atoms with van der Waals surface area (Å²) < 4.78 is 6.33. The Labute approximate surface area is 106 Å². The molecule has 0 bridgehead atoms. The molecule has 1 nitrogen and oxygen atoms in total. The molecular weight excluding hydrogens is 264 g/mol. The molecular formula is C14H17BrO. The number of ether oxygens (including phenoxy) is 1. The van der Waals surface area contributed by atoms with Crippen LogP contribution in [0.4, 0.5) is 0 Å². The van der Waals surface area contributed by atoms with E-state index in [2.05, 4.69) is 53.2 Å². The van der Waals surface area contributed by atoms with Gasteiger partial charge in [-0.3, -0.25) is 0 Å². The smallest absolute Gasteiger partial charge is 0.0716 e. The van der Waals surface area contributed by atoms with Gasteiger partial charge in [-0.05, 0) is 34.9 Å². The van der Waals surface area contributed by atoms with Crippen molar-refractivity contribution in [3.63, 3.8) is 0 Å². The summed E-state index contributed by atoms with van der Waals surface area (Å²) in [7, 11) is 1.72. The highest BCUT2D eigenvalue weighted by Crippen LogP contribution is 2.29. The molecule has 2 aromatic carbocycles. The van der Waals surface area contributed by atoms with Gasteiger partial charge in [0.25, 0.3) is 0 Å². The van der Waals surface area contributed by atoms with E-state index in [4.69, 9.17) is 4.74 Å². The standard InChI is InChI=1S/C13H13BrO.CH4/c1-9-10(8-15-2)7-13(14)12-6-4-3-5-11(9)12;/h3-7H,8H2,1-2H3;1H4. The van der Waals surface area contributed by atoms with Crippen LogP contribution in [0.15, 0.2) is 34.8 Å². The molecule has 0 fully saturated rings. The minimum atomic E-state index is 0. The Kier molecular flexibility index (Phi) is 4.51. The Balaban J connectivity index is 0.00000128. The highest BCUT2D eigenvalue weighted by molar-refractivity contribution is 9.10. The molecule has 0 aliphatic heterocycles. The van der Waals surface area contributed by atoms with Gasteiger partial charge in [-0.2, -0.15) is 0 Å². The van der Waals surface area contributed by atoms with Crippen LogP contribution < -0.4 is 0 Å². The van der Waals surface area contributed by atoms with Gasteiger partial charge in [-0.15, -0.1) is 0 Å². The van der Waals surface area contributed by atoms with E-state index in [1.165, 1.54) is 21.9 Å². The summed E-state index contributed by atoms with van der Waals surface area (Å²) in [6.45, 7) is 2.80. The van der Waals surface area contributed by atoms with Gasteiger partial charge in [-0.25, -0.2) is 0 Å². The molecule has 0 aliphatic rings. The molecule has 2 rings (SSSR count). The van der Waals surface area contributed by atoms with Crippen molar-refractivity contribution >= 4 is 26.7 Å². The van der Waals surface area contributed by atoms with Crippen LogP contribution >= 0.6 is 15.9 Å². The van der Waals surface area contributed by atoms with E-state index < -0.39 is 0 Å². The first-order valence-electron chi connectivity index (χ1n) is 4.89. The number of aryl methyl sites for hydroxylation is 1. The topological polar surface area (TPSA) is 9.23 Å². The third-order valence-electron chi connectivity index (χ3n) is 2.67. The fourth-order valence-electron chi connectivity index (χ4n) is 1.84. The fourth-order valence-corrected chi connectivity index (χ4v) is 2.46. The number of fused-ring (bicyclic) bond motifs is 1. The Morgan fingerprint density at radius 2 is 1.81 bits per heavy atom. The predicted octanol–water partition coefficient (Wildman–Crippen LogP) is 4.69. The average Bonchev–Trinajstić information content (AvgIpc) is 2.26. The molecule has 2 heteroatoms. The Bertz CT molecular complexity index is 491. The number of rotatable bonds is 2. The number of halogens is 1. The van der Waals surface area contributed by atoms with E-state index in [1.54, 1.807) is 7.11 Å². The van der Waals surface area contributed by atoms with E-state index in [9.17, 15) is 0 Å². The molecule has 0 aliphatic carbocycles. The molecule has 0 amide bonds. The molecule has 0 heterocycles. The number of benzene rings is 2. The van der Waals surface area contributed by atoms with Gasteiger partial charge >= 0.3 is 0 Å². The lowest BCUT2D eigenvalue weighted by Gasteiger charge is -2.10. The van der Waals surface area contributed by atoms with Crippen LogP contribution in [0.25, 0.3) is 10.8 Å². The first-order valence-corrected chi connectivity index (χ1v) is 5.69. The van der Waals surface area contributed by atoms with Crippen molar-refractivity contribution in [2.75, 3.05) is 7.11 Å². The second kappa shape index (κ2) is 5.46. The largest absolute Gasteiger partial charge is 0.380 e. The number of hydrogen-bond donors (Lipinski definition) is 0. The molecule has 86 valence electrons. The van der Waals surface area contributed by atoms with Crippen molar-refractivity contribution < 1.29 is 4.74 Å². The van der Waals surface area contributed by atoms with Crippen molar-refractivity contribution in [3.8, 4) is 0 Å². The Morgan fingerprint density at radius 1 is 1.19 bits per heavy atom. The van der Waals surface area contributed by atoms with Gasteiger partial charge in [0.15, 0.2) is 0 Å². The van der Waals surface area contributed by atoms with Gasteiger partial charge in [0, 0.05) is 11.6 Å². The lowest BCUT2D eigenvalue weighted by molar-refractivity contribution is 0.184. The number of methoxy groups -OCH3 is 1. The first-order chi connectivity index (χ1) is 7.24. The summed E-state index contributed by atoms with van der Waals surface area (Å²) in [6.07, 6.45) is 0. The fraction of sp³-hybridized carbons (Fsp3) is 0.286. The molecule has 0 aromatic heterocycles. The molecule has 0 radical (unpaired) electrons.